The normalized spacial score (nSPS) is 10.6. The van der Waals surface area contributed by atoms with Crippen LogP contribution >= 0.6 is 11.8 Å². The maximum atomic E-state index is 13.6. The van der Waals surface area contributed by atoms with Gasteiger partial charge in [0.1, 0.15) is 11.6 Å². The highest BCUT2D eigenvalue weighted by Gasteiger charge is 2.04. The van der Waals surface area contributed by atoms with Gasteiger partial charge in [-0.15, -0.1) is 11.8 Å². The van der Waals surface area contributed by atoms with Crippen molar-refractivity contribution in [1.29, 1.82) is 0 Å². The van der Waals surface area contributed by atoms with Crippen LogP contribution in [0.4, 0.5) is 10.1 Å². The van der Waals surface area contributed by atoms with Gasteiger partial charge in [-0.3, -0.25) is 0 Å². The Kier molecular flexibility index (Phi) is 4.90. The number of halogens is 1. The summed E-state index contributed by atoms with van der Waals surface area (Å²) in [6.45, 7) is 4.59. The molecule has 0 fully saturated rings. The molecule has 0 saturated heterocycles. The number of nitrogen functional groups attached to an aromatic ring is 1. The SMILES string of the molecule is Cc1ccc(C)c(OCCSc2ccc(N)cc2F)c1. The molecule has 2 aromatic rings. The number of hydrogen-bond acceptors (Lipinski definition) is 3. The number of nitrogens with two attached hydrogens (primary N) is 1. The molecule has 20 heavy (non-hydrogen) atoms. The van der Waals surface area contributed by atoms with Crippen LogP contribution in [0.1, 0.15) is 11.1 Å². The van der Waals surface area contributed by atoms with Gasteiger partial charge in [0.2, 0.25) is 0 Å². The van der Waals surface area contributed by atoms with E-state index in [4.69, 9.17) is 10.5 Å². The quantitative estimate of drug-likeness (QED) is 0.509. The lowest BCUT2D eigenvalue weighted by Crippen LogP contribution is -2.02. The monoisotopic (exact) mass is 291 g/mol. The minimum absolute atomic E-state index is 0.276. The minimum Gasteiger partial charge on any atom is -0.492 e. The number of thioether (sulfide) groups is 1. The topological polar surface area (TPSA) is 35.2 Å². The molecular formula is C16H18FNOS. The molecule has 0 aliphatic carbocycles. The average Bonchev–Trinajstić information content (AvgIpc) is 2.40. The van der Waals surface area contributed by atoms with Gasteiger partial charge in [-0.1, -0.05) is 12.1 Å². The van der Waals surface area contributed by atoms with E-state index < -0.39 is 0 Å². The average molecular weight is 291 g/mol. The summed E-state index contributed by atoms with van der Waals surface area (Å²) < 4.78 is 19.3. The lowest BCUT2D eigenvalue weighted by atomic mass is 10.1. The third-order valence-electron chi connectivity index (χ3n) is 2.90. The van der Waals surface area contributed by atoms with Crippen LogP contribution in [0.3, 0.4) is 0 Å². The Bertz CT molecular complexity index is 601. The van der Waals surface area contributed by atoms with E-state index in [-0.39, 0.29) is 5.82 Å². The summed E-state index contributed by atoms with van der Waals surface area (Å²) in [6.07, 6.45) is 0. The molecule has 2 aromatic carbocycles. The van der Waals surface area contributed by atoms with Crippen LogP contribution in [0, 0.1) is 19.7 Å². The lowest BCUT2D eigenvalue weighted by Gasteiger charge is -2.10. The fourth-order valence-corrected chi connectivity index (χ4v) is 2.55. The van der Waals surface area contributed by atoms with E-state index in [2.05, 4.69) is 6.07 Å². The lowest BCUT2D eigenvalue weighted by molar-refractivity contribution is 0.341. The summed E-state index contributed by atoms with van der Waals surface area (Å²) in [4.78, 5) is 0.601. The van der Waals surface area contributed by atoms with Crippen molar-refractivity contribution in [3.8, 4) is 5.75 Å². The van der Waals surface area contributed by atoms with Crippen molar-refractivity contribution in [3.63, 3.8) is 0 Å². The molecule has 2 N–H and O–H groups in total. The standard InChI is InChI=1S/C16H18FNOS/c1-11-3-4-12(2)15(9-11)19-7-8-20-16-6-5-13(18)10-14(16)17/h3-6,9-10H,7-8,18H2,1-2H3. The van der Waals surface area contributed by atoms with Crippen molar-refractivity contribution in [2.24, 2.45) is 0 Å². The van der Waals surface area contributed by atoms with Crippen LogP contribution in [0.2, 0.25) is 0 Å². The Morgan fingerprint density at radius 3 is 2.70 bits per heavy atom. The molecule has 0 amide bonds. The van der Waals surface area contributed by atoms with Gasteiger partial charge < -0.3 is 10.5 Å². The van der Waals surface area contributed by atoms with E-state index in [9.17, 15) is 4.39 Å². The Hall–Kier alpha value is -1.68. The molecule has 0 aliphatic rings. The molecule has 0 bridgehead atoms. The van der Waals surface area contributed by atoms with Crippen molar-refractivity contribution in [1.82, 2.24) is 0 Å². The van der Waals surface area contributed by atoms with Crippen molar-refractivity contribution in [2.45, 2.75) is 18.7 Å². The number of aryl methyl sites for hydroxylation is 2. The molecule has 2 nitrogen and oxygen atoms in total. The summed E-state index contributed by atoms with van der Waals surface area (Å²) in [6, 6.07) is 10.9. The van der Waals surface area contributed by atoms with E-state index >= 15 is 0 Å². The molecule has 0 aliphatic heterocycles. The van der Waals surface area contributed by atoms with Gasteiger partial charge >= 0.3 is 0 Å². The molecule has 2 rings (SSSR count). The van der Waals surface area contributed by atoms with Crippen molar-refractivity contribution in [3.05, 3.63) is 53.3 Å². The van der Waals surface area contributed by atoms with Gasteiger partial charge in [0.05, 0.1) is 6.61 Å². The first-order valence-corrected chi connectivity index (χ1v) is 7.42. The van der Waals surface area contributed by atoms with E-state index in [1.54, 1.807) is 12.1 Å². The third kappa shape index (κ3) is 3.90. The van der Waals surface area contributed by atoms with Crippen LogP contribution in [-0.2, 0) is 0 Å². The fourth-order valence-electron chi connectivity index (χ4n) is 1.80. The maximum Gasteiger partial charge on any atom is 0.138 e. The number of ether oxygens (including phenoxy) is 1. The molecule has 4 heteroatoms. The molecule has 0 radical (unpaired) electrons. The van der Waals surface area contributed by atoms with Gasteiger partial charge in [0, 0.05) is 16.3 Å². The van der Waals surface area contributed by atoms with E-state index in [1.165, 1.54) is 23.4 Å². The Balaban J connectivity index is 1.86. The molecule has 0 heterocycles. The highest BCUT2D eigenvalue weighted by Crippen LogP contribution is 2.24. The summed E-state index contributed by atoms with van der Waals surface area (Å²) in [7, 11) is 0. The predicted molar refractivity (Wildman–Crippen MR) is 82.9 cm³/mol. The van der Waals surface area contributed by atoms with E-state index in [1.807, 2.05) is 26.0 Å². The summed E-state index contributed by atoms with van der Waals surface area (Å²) in [5.74, 6) is 1.30. The van der Waals surface area contributed by atoms with Gasteiger partial charge in [-0.05, 0) is 49.2 Å². The largest absolute Gasteiger partial charge is 0.492 e. The second-order valence-corrected chi connectivity index (χ2v) is 5.79. The Morgan fingerprint density at radius 2 is 1.95 bits per heavy atom. The van der Waals surface area contributed by atoms with E-state index in [0.29, 0.717) is 22.9 Å². The highest BCUT2D eigenvalue weighted by molar-refractivity contribution is 7.99. The molecule has 106 valence electrons. The summed E-state index contributed by atoms with van der Waals surface area (Å²) in [5, 5.41) is 0. The highest BCUT2D eigenvalue weighted by atomic mass is 32.2. The Morgan fingerprint density at radius 1 is 1.15 bits per heavy atom. The first-order chi connectivity index (χ1) is 9.56. The van der Waals surface area contributed by atoms with Crippen LogP contribution in [0.15, 0.2) is 41.3 Å². The molecule has 0 saturated carbocycles. The molecule has 0 atom stereocenters. The Labute approximate surface area is 123 Å². The van der Waals surface area contributed by atoms with Gasteiger partial charge in [0.25, 0.3) is 0 Å². The zero-order valence-corrected chi connectivity index (χ0v) is 12.5. The zero-order chi connectivity index (χ0) is 14.5. The van der Waals surface area contributed by atoms with Crippen LogP contribution in [-0.4, -0.2) is 12.4 Å². The van der Waals surface area contributed by atoms with Crippen LogP contribution in [0.25, 0.3) is 0 Å². The maximum absolute atomic E-state index is 13.6. The minimum atomic E-state index is -0.276. The van der Waals surface area contributed by atoms with Crippen molar-refractivity contribution in [2.75, 3.05) is 18.1 Å². The van der Waals surface area contributed by atoms with Gasteiger partial charge in [-0.25, -0.2) is 4.39 Å². The summed E-state index contributed by atoms with van der Waals surface area (Å²) in [5.41, 5.74) is 8.24. The first-order valence-electron chi connectivity index (χ1n) is 6.44. The second kappa shape index (κ2) is 6.66. The molecule has 0 unspecified atom stereocenters. The predicted octanol–water partition coefficient (Wildman–Crippen LogP) is 4.20. The number of anilines is 1. The van der Waals surface area contributed by atoms with Gasteiger partial charge in [0.15, 0.2) is 0 Å². The van der Waals surface area contributed by atoms with Crippen LogP contribution in [0.5, 0.6) is 5.75 Å². The number of rotatable bonds is 5. The molecule has 0 aromatic heterocycles. The summed E-state index contributed by atoms with van der Waals surface area (Å²) >= 11 is 1.43. The van der Waals surface area contributed by atoms with E-state index in [0.717, 1.165) is 11.3 Å². The molecular weight excluding hydrogens is 273 g/mol. The van der Waals surface area contributed by atoms with Crippen molar-refractivity contribution >= 4 is 17.4 Å². The number of benzene rings is 2. The fraction of sp³-hybridized carbons (Fsp3) is 0.250. The smallest absolute Gasteiger partial charge is 0.138 e. The number of hydrogen-bond donors (Lipinski definition) is 1. The van der Waals surface area contributed by atoms with Crippen LogP contribution < -0.4 is 10.5 Å². The molecule has 0 spiro atoms. The second-order valence-electron chi connectivity index (χ2n) is 4.66. The zero-order valence-electron chi connectivity index (χ0n) is 11.7. The first kappa shape index (κ1) is 14.7. The third-order valence-corrected chi connectivity index (χ3v) is 3.91. The van der Waals surface area contributed by atoms with Crippen molar-refractivity contribution < 1.29 is 9.13 Å². The van der Waals surface area contributed by atoms with Gasteiger partial charge in [-0.2, -0.15) is 0 Å².